The molecule has 148 valence electrons. The van der Waals surface area contributed by atoms with Gasteiger partial charge in [-0.15, -0.1) is 0 Å². The van der Waals surface area contributed by atoms with Gasteiger partial charge in [-0.3, -0.25) is 9.59 Å². The average molecular weight is 384 g/mol. The van der Waals surface area contributed by atoms with E-state index in [0.29, 0.717) is 18.6 Å². The molecular formula is C21H24N2O5. The molecule has 0 aliphatic heterocycles. The summed E-state index contributed by atoms with van der Waals surface area (Å²) in [5, 5.41) is 13.9. The third-order valence-corrected chi connectivity index (χ3v) is 3.96. The van der Waals surface area contributed by atoms with Gasteiger partial charge in [-0.25, -0.2) is 4.79 Å². The van der Waals surface area contributed by atoms with Crippen LogP contribution in [0.2, 0.25) is 0 Å². The highest BCUT2D eigenvalue weighted by molar-refractivity contribution is 5.84. The first-order valence-electron chi connectivity index (χ1n) is 8.95. The number of rotatable bonds is 10. The predicted molar refractivity (Wildman–Crippen MR) is 104 cm³/mol. The van der Waals surface area contributed by atoms with E-state index in [1.807, 2.05) is 31.2 Å². The van der Waals surface area contributed by atoms with Crippen molar-refractivity contribution in [3.63, 3.8) is 0 Å². The van der Waals surface area contributed by atoms with Crippen molar-refractivity contribution in [3.05, 3.63) is 65.2 Å². The molecule has 2 rings (SSSR count). The van der Waals surface area contributed by atoms with E-state index in [1.165, 1.54) is 5.56 Å². The van der Waals surface area contributed by atoms with E-state index < -0.39 is 12.6 Å². The molecule has 3 N–H and O–H groups in total. The topological polar surface area (TPSA) is 105 Å². The molecule has 0 atom stereocenters. The highest BCUT2D eigenvalue weighted by Crippen LogP contribution is 2.13. The molecule has 7 heteroatoms. The van der Waals surface area contributed by atoms with Gasteiger partial charge in [-0.1, -0.05) is 42.0 Å². The van der Waals surface area contributed by atoms with Crippen molar-refractivity contribution in [2.75, 3.05) is 13.2 Å². The molecule has 0 heterocycles. The first kappa shape index (κ1) is 21.0. The highest BCUT2D eigenvalue weighted by atomic mass is 16.5. The molecule has 0 saturated heterocycles. The van der Waals surface area contributed by atoms with E-state index in [9.17, 15) is 14.4 Å². The molecule has 0 radical (unpaired) electrons. The summed E-state index contributed by atoms with van der Waals surface area (Å²) < 4.78 is 5.09. The van der Waals surface area contributed by atoms with Crippen LogP contribution in [0.1, 0.15) is 23.1 Å². The fourth-order valence-corrected chi connectivity index (χ4v) is 2.43. The van der Waals surface area contributed by atoms with Crippen molar-refractivity contribution in [2.45, 2.75) is 26.3 Å². The zero-order valence-electron chi connectivity index (χ0n) is 15.7. The normalized spacial score (nSPS) is 10.2. The smallest absolute Gasteiger partial charge is 0.341 e. The molecule has 2 aromatic rings. The van der Waals surface area contributed by atoms with Crippen molar-refractivity contribution in [1.29, 1.82) is 0 Å². The fraction of sp³-hybridized carbons (Fsp3) is 0.286. The lowest BCUT2D eigenvalue weighted by Crippen LogP contribution is -2.36. The van der Waals surface area contributed by atoms with Crippen LogP contribution in [0.5, 0.6) is 5.75 Å². The number of aryl methyl sites for hydroxylation is 2. The first-order valence-corrected chi connectivity index (χ1v) is 8.95. The van der Waals surface area contributed by atoms with Gasteiger partial charge in [0.2, 0.25) is 11.8 Å². The second-order valence-corrected chi connectivity index (χ2v) is 6.37. The van der Waals surface area contributed by atoms with Crippen molar-refractivity contribution < 1.29 is 24.2 Å². The molecule has 28 heavy (non-hydrogen) atoms. The summed E-state index contributed by atoms with van der Waals surface area (Å²) in [5.74, 6) is -1.13. The molecule has 0 aromatic heterocycles. The maximum atomic E-state index is 11.9. The van der Waals surface area contributed by atoms with Crippen molar-refractivity contribution in [2.24, 2.45) is 0 Å². The van der Waals surface area contributed by atoms with Gasteiger partial charge in [0.05, 0.1) is 6.54 Å². The van der Waals surface area contributed by atoms with Gasteiger partial charge in [-0.05, 0) is 36.6 Å². The Balaban J connectivity index is 1.68. The van der Waals surface area contributed by atoms with E-state index in [-0.39, 0.29) is 24.9 Å². The van der Waals surface area contributed by atoms with Crippen LogP contribution in [-0.2, 0) is 27.3 Å². The summed E-state index contributed by atoms with van der Waals surface area (Å²) in [6.07, 6.45) is 0.941. The number of benzene rings is 2. The average Bonchev–Trinajstić information content (AvgIpc) is 2.69. The Morgan fingerprint density at radius 1 is 0.964 bits per heavy atom. The molecule has 0 bridgehead atoms. The van der Waals surface area contributed by atoms with Gasteiger partial charge >= 0.3 is 5.97 Å². The molecular weight excluding hydrogens is 360 g/mol. The lowest BCUT2D eigenvalue weighted by molar-refractivity contribution is -0.139. The predicted octanol–water partition coefficient (Wildman–Crippen LogP) is 1.82. The molecule has 2 aromatic carbocycles. The number of aliphatic carboxylic acids is 1. The Kier molecular flexibility index (Phi) is 8.02. The van der Waals surface area contributed by atoms with E-state index in [4.69, 9.17) is 9.84 Å². The maximum absolute atomic E-state index is 11.9. The number of amides is 2. The number of carboxylic acid groups (broad SMARTS) is 1. The van der Waals surface area contributed by atoms with Gasteiger partial charge in [0.15, 0.2) is 6.61 Å². The quantitative estimate of drug-likeness (QED) is 0.580. The monoisotopic (exact) mass is 384 g/mol. The molecule has 0 fully saturated rings. The van der Waals surface area contributed by atoms with Gasteiger partial charge in [0, 0.05) is 13.0 Å². The largest absolute Gasteiger partial charge is 0.482 e. The number of nitrogens with one attached hydrogen (secondary N) is 2. The lowest BCUT2D eigenvalue weighted by Gasteiger charge is -2.09. The van der Waals surface area contributed by atoms with Crippen LogP contribution in [0, 0.1) is 6.92 Å². The molecule has 0 aliphatic carbocycles. The molecule has 2 amide bonds. The number of ether oxygens (including phenoxy) is 1. The number of carboxylic acids is 1. The summed E-state index contributed by atoms with van der Waals surface area (Å²) in [4.78, 5) is 34.3. The first-order chi connectivity index (χ1) is 13.4. The Morgan fingerprint density at radius 2 is 1.71 bits per heavy atom. The number of carbonyl (C=O) groups is 3. The lowest BCUT2D eigenvalue weighted by atomic mass is 10.1. The number of hydrogen-bond donors (Lipinski definition) is 3. The van der Waals surface area contributed by atoms with Crippen molar-refractivity contribution >= 4 is 17.8 Å². The third-order valence-electron chi connectivity index (χ3n) is 3.96. The number of hydrogen-bond acceptors (Lipinski definition) is 4. The van der Waals surface area contributed by atoms with Crippen LogP contribution in [-0.4, -0.2) is 36.0 Å². The second kappa shape index (κ2) is 10.7. The second-order valence-electron chi connectivity index (χ2n) is 6.37. The highest BCUT2D eigenvalue weighted by Gasteiger charge is 2.07. The minimum Gasteiger partial charge on any atom is -0.482 e. The van der Waals surface area contributed by atoms with Gasteiger partial charge in [-0.2, -0.15) is 0 Å². The minimum absolute atomic E-state index is 0.0953. The van der Waals surface area contributed by atoms with Crippen molar-refractivity contribution in [1.82, 2.24) is 10.6 Å². The van der Waals surface area contributed by atoms with Crippen LogP contribution in [0.4, 0.5) is 0 Å². The fourth-order valence-electron chi connectivity index (χ4n) is 2.43. The Bertz CT molecular complexity index is 818. The summed E-state index contributed by atoms with van der Waals surface area (Å²) in [7, 11) is 0. The molecule has 0 spiro atoms. The third kappa shape index (κ3) is 7.90. The SMILES string of the molecule is Cc1ccc(CCC(=O)NCC(=O)NCc2cccc(OCC(=O)O)c2)cc1. The van der Waals surface area contributed by atoms with Crippen LogP contribution >= 0.6 is 0 Å². The molecule has 0 saturated carbocycles. The Morgan fingerprint density at radius 3 is 2.43 bits per heavy atom. The zero-order valence-corrected chi connectivity index (χ0v) is 15.7. The summed E-state index contributed by atoms with van der Waals surface area (Å²) in [5.41, 5.74) is 3.01. The molecule has 0 unspecified atom stereocenters. The standard InChI is InChI=1S/C21H24N2O5/c1-15-5-7-16(8-6-15)9-10-19(24)23-13-20(25)22-12-17-3-2-4-18(11-17)28-14-21(26)27/h2-8,11H,9-10,12-14H2,1H3,(H,22,25)(H,23,24)(H,26,27). The van der Waals surface area contributed by atoms with Gasteiger partial charge < -0.3 is 20.5 Å². The van der Waals surface area contributed by atoms with E-state index in [1.54, 1.807) is 24.3 Å². The minimum atomic E-state index is -1.06. The van der Waals surface area contributed by atoms with Crippen LogP contribution in [0.25, 0.3) is 0 Å². The summed E-state index contributed by atoms with van der Waals surface area (Å²) in [6, 6.07) is 14.8. The molecule has 0 aliphatic rings. The Labute approximate surface area is 163 Å². The van der Waals surface area contributed by atoms with Gasteiger partial charge in [0.1, 0.15) is 5.75 Å². The van der Waals surface area contributed by atoms with E-state index >= 15 is 0 Å². The van der Waals surface area contributed by atoms with E-state index in [0.717, 1.165) is 11.1 Å². The van der Waals surface area contributed by atoms with Crippen LogP contribution in [0.3, 0.4) is 0 Å². The van der Waals surface area contributed by atoms with Crippen molar-refractivity contribution in [3.8, 4) is 5.75 Å². The Hall–Kier alpha value is -3.35. The van der Waals surface area contributed by atoms with Gasteiger partial charge in [0.25, 0.3) is 0 Å². The summed E-state index contributed by atoms with van der Waals surface area (Å²) in [6.45, 7) is 1.74. The summed E-state index contributed by atoms with van der Waals surface area (Å²) >= 11 is 0. The number of carbonyl (C=O) groups excluding carboxylic acids is 2. The van der Waals surface area contributed by atoms with E-state index in [2.05, 4.69) is 10.6 Å². The zero-order chi connectivity index (χ0) is 20.4. The van der Waals surface area contributed by atoms with Crippen LogP contribution in [0.15, 0.2) is 48.5 Å². The van der Waals surface area contributed by atoms with Crippen LogP contribution < -0.4 is 15.4 Å². The maximum Gasteiger partial charge on any atom is 0.341 e. The molecule has 7 nitrogen and oxygen atoms in total.